The normalized spacial score (nSPS) is 17.0. The minimum absolute atomic E-state index is 0.0121. The quantitative estimate of drug-likeness (QED) is 0.879. The zero-order chi connectivity index (χ0) is 16.9. The maximum absolute atomic E-state index is 12.6. The number of aryl methyl sites for hydroxylation is 1. The number of rotatable bonds is 5. The highest BCUT2D eigenvalue weighted by Crippen LogP contribution is 2.21. The summed E-state index contributed by atoms with van der Waals surface area (Å²) in [6, 6.07) is 8.32. The van der Waals surface area contributed by atoms with Gasteiger partial charge in [0.15, 0.2) is 0 Å². The molecule has 1 aromatic heterocycles. The first kappa shape index (κ1) is 16.3. The van der Waals surface area contributed by atoms with Crippen LogP contribution in [0.1, 0.15) is 24.1 Å². The first-order chi connectivity index (χ1) is 11.6. The van der Waals surface area contributed by atoms with Crippen LogP contribution in [0.2, 0.25) is 0 Å². The lowest BCUT2D eigenvalue weighted by molar-refractivity contribution is 0.0816. The number of carbonyl (C=O) groups is 1. The molecule has 1 aliphatic rings. The molecule has 2 amide bonds. The fourth-order valence-electron chi connectivity index (χ4n) is 2.71. The van der Waals surface area contributed by atoms with Crippen molar-refractivity contribution < 1.29 is 19.2 Å². The van der Waals surface area contributed by atoms with Gasteiger partial charge in [-0.2, -0.15) is 0 Å². The highest BCUT2D eigenvalue weighted by atomic mass is 16.5. The number of aromatic nitrogens is 1. The number of ether oxygens (including phenoxy) is 1. The molecule has 0 bridgehead atoms. The predicted molar refractivity (Wildman–Crippen MR) is 87.7 cm³/mol. The zero-order valence-electron chi connectivity index (χ0n) is 13.6. The van der Waals surface area contributed by atoms with Gasteiger partial charge in [-0.25, -0.2) is 4.79 Å². The fourth-order valence-corrected chi connectivity index (χ4v) is 2.71. The third-order valence-corrected chi connectivity index (χ3v) is 3.95. The van der Waals surface area contributed by atoms with Gasteiger partial charge < -0.3 is 19.3 Å². The number of nitrogens with zero attached hydrogens (tertiary/aromatic N) is 2. The molecule has 7 heteroatoms. The summed E-state index contributed by atoms with van der Waals surface area (Å²) in [5.41, 5.74) is 1.37. The first-order valence-electron chi connectivity index (χ1n) is 7.99. The van der Waals surface area contributed by atoms with E-state index in [4.69, 9.17) is 9.26 Å². The Morgan fingerprint density at radius 3 is 2.96 bits per heavy atom. The maximum Gasteiger partial charge on any atom is 0.324 e. The Morgan fingerprint density at radius 2 is 2.29 bits per heavy atom. The minimum Gasteiger partial charge on any atom is -0.508 e. The van der Waals surface area contributed by atoms with E-state index in [0.29, 0.717) is 23.7 Å². The van der Waals surface area contributed by atoms with Crippen LogP contribution in [0.4, 0.5) is 10.7 Å². The third kappa shape index (κ3) is 4.05. The zero-order valence-corrected chi connectivity index (χ0v) is 13.6. The van der Waals surface area contributed by atoms with Gasteiger partial charge in [0.2, 0.25) is 5.88 Å². The molecule has 1 unspecified atom stereocenters. The predicted octanol–water partition coefficient (Wildman–Crippen LogP) is 2.90. The molecular formula is C17H21N3O4. The topological polar surface area (TPSA) is 87.8 Å². The van der Waals surface area contributed by atoms with E-state index in [0.717, 1.165) is 19.4 Å². The van der Waals surface area contributed by atoms with E-state index in [1.54, 1.807) is 36.1 Å². The molecule has 24 heavy (non-hydrogen) atoms. The number of nitrogens with one attached hydrogen (secondary N) is 1. The van der Waals surface area contributed by atoms with Crippen LogP contribution in [-0.2, 0) is 11.3 Å². The van der Waals surface area contributed by atoms with Gasteiger partial charge in [0, 0.05) is 24.8 Å². The van der Waals surface area contributed by atoms with Gasteiger partial charge in [0.05, 0.1) is 18.3 Å². The summed E-state index contributed by atoms with van der Waals surface area (Å²) in [4.78, 5) is 14.2. The monoisotopic (exact) mass is 331 g/mol. The van der Waals surface area contributed by atoms with Crippen molar-refractivity contribution in [2.45, 2.75) is 32.4 Å². The average molecular weight is 331 g/mol. The highest BCUT2D eigenvalue weighted by Gasteiger charge is 2.24. The molecule has 0 radical (unpaired) electrons. The molecule has 2 N–H and O–H groups in total. The van der Waals surface area contributed by atoms with Crippen LogP contribution in [0, 0.1) is 6.92 Å². The van der Waals surface area contributed by atoms with E-state index in [2.05, 4.69) is 10.5 Å². The van der Waals surface area contributed by atoms with E-state index < -0.39 is 0 Å². The number of carbonyl (C=O) groups excluding carboxylic acids is 1. The van der Waals surface area contributed by atoms with Gasteiger partial charge in [-0.05, 0) is 25.8 Å². The molecule has 1 fully saturated rings. The molecule has 0 saturated carbocycles. The van der Waals surface area contributed by atoms with E-state index in [1.807, 2.05) is 6.07 Å². The SMILES string of the molecule is Cc1cc(NC(=O)N(Cc2ccccc2O)CC2CCCO2)on1. The second-order valence-electron chi connectivity index (χ2n) is 5.91. The number of aromatic hydroxyl groups is 1. The van der Waals surface area contributed by atoms with Crippen LogP contribution in [0.3, 0.4) is 0 Å². The summed E-state index contributed by atoms with van der Waals surface area (Å²) in [6.45, 7) is 3.24. The average Bonchev–Trinajstić information content (AvgIpc) is 3.20. The van der Waals surface area contributed by atoms with Gasteiger partial charge in [-0.3, -0.25) is 5.32 Å². The van der Waals surface area contributed by atoms with Gasteiger partial charge in [-0.1, -0.05) is 23.4 Å². The van der Waals surface area contributed by atoms with Crippen LogP contribution in [0.5, 0.6) is 5.75 Å². The molecule has 1 aromatic carbocycles. The Labute approximate surface area is 140 Å². The van der Waals surface area contributed by atoms with Crippen molar-refractivity contribution in [2.24, 2.45) is 0 Å². The van der Waals surface area contributed by atoms with Crippen LogP contribution in [0.15, 0.2) is 34.9 Å². The summed E-state index contributed by atoms with van der Waals surface area (Å²) >= 11 is 0. The Bertz CT molecular complexity index is 695. The number of benzene rings is 1. The molecule has 1 saturated heterocycles. The van der Waals surface area contributed by atoms with E-state index >= 15 is 0 Å². The Kier molecular flexibility index (Phi) is 5.00. The summed E-state index contributed by atoms with van der Waals surface area (Å²) in [6.07, 6.45) is 1.93. The number of anilines is 1. The minimum atomic E-state index is -0.315. The summed E-state index contributed by atoms with van der Waals surface area (Å²) < 4.78 is 10.7. The first-order valence-corrected chi connectivity index (χ1v) is 7.99. The van der Waals surface area contributed by atoms with Gasteiger partial charge in [-0.15, -0.1) is 0 Å². The second kappa shape index (κ2) is 7.35. The number of amides is 2. The lowest BCUT2D eigenvalue weighted by Gasteiger charge is -2.25. The molecule has 3 rings (SSSR count). The van der Waals surface area contributed by atoms with E-state index in [1.165, 1.54) is 0 Å². The molecular weight excluding hydrogens is 310 g/mol. The van der Waals surface area contributed by atoms with Gasteiger partial charge in [0.25, 0.3) is 0 Å². The van der Waals surface area contributed by atoms with E-state index in [-0.39, 0.29) is 24.4 Å². The summed E-state index contributed by atoms with van der Waals surface area (Å²) in [5, 5.41) is 16.4. The number of urea groups is 1. The third-order valence-electron chi connectivity index (χ3n) is 3.95. The number of para-hydroxylation sites is 1. The van der Waals surface area contributed by atoms with Gasteiger partial charge >= 0.3 is 6.03 Å². The standard InChI is InChI=1S/C17H21N3O4/c1-12-9-16(24-19-12)18-17(22)20(11-14-6-4-8-23-14)10-13-5-2-3-7-15(13)21/h2-3,5,7,9,14,21H,4,6,8,10-11H2,1H3,(H,18,22). The smallest absolute Gasteiger partial charge is 0.324 e. The largest absolute Gasteiger partial charge is 0.508 e. The van der Waals surface area contributed by atoms with Crippen molar-refractivity contribution in [1.29, 1.82) is 0 Å². The molecule has 0 aliphatic carbocycles. The van der Waals surface area contributed by atoms with Crippen molar-refractivity contribution in [2.75, 3.05) is 18.5 Å². The molecule has 7 nitrogen and oxygen atoms in total. The lowest BCUT2D eigenvalue weighted by atomic mass is 10.1. The van der Waals surface area contributed by atoms with Crippen LogP contribution >= 0.6 is 0 Å². The number of hydrogen-bond donors (Lipinski definition) is 2. The molecule has 2 heterocycles. The van der Waals surface area contributed by atoms with Crippen LogP contribution in [0.25, 0.3) is 0 Å². The van der Waals surface area contributed by atoms with Crippen molar-refractivity contribution >= 4 is 11.9 Å². The number of phenolic OH excluding ortho intramolecular Hbond substituents is 1. The summed E-state index contributed by atoms with van der Waals surface area (Å²) in [5.74, 6) is 0.463. The molecule has 0 spiro atoms. The maximum atomic E-state index is 12.6. The summed E-state index contributed by atoms with van der Waals surface area (Å²) in [7, 11) is 0. The van der Waals surface area contributed by atoms with Crippen molar-refractivity contribution in [3.8, 4) is 5.75 Å². The number of phenols is 1. The Morgan fingerprint density at radius 1 is 1.46 bits per heavy atom. The van der Waals surface area contributed by atoms with Crippen molar-refractivity contribution in [3.63, 3.8) is 0 Å². The Hall–Kier alpha value is -2.54. The van der Waals surface area contributed by atoms with Gasteiger partial charge in [0.1, 0.15) is 5.75 Å². The van der Waals surface area contributed by atoms with E-state index in [9.17, 15) is 9.90 Å². The molecule has 128 valence electrons. The van der Waals surface area contributed by atoms with Crippen molar-refractivity contribution in [1.82, 2.24) is 10.1 Å². The van der Waals surface area contributed by atoms with Crippen LogP contribution in [-0.4, -0.2) is 40.4 Å². The van der Waals surface area contributed by atoms with Crippen LogP contribution < -0.4 is 5.32 Å². The molecule has 1 atom stereocenters. The lowest BCUT2D eigenvalue weighted by Crippen LogP contribution is -2.39. The second-order valence-corrected chi connectivity index (χ2v) is 5.91. The highest BCUT2D eigenvalue weighted by molar-refractivity contribution is 5.87. The molecule has 1 aliphatic heterocycles. The molecule has 2 aromatic rings. The van der Waals surface area contributed by atoms with Crippen molar-refractivity contribution in [3.05, 3.63) is 41.6 Å². The number of hydrogen-bond acceptors (Lipinski definition) is 5. The Balaban J connectivity index is 1.72. The fraction of sp³-hybridized carbons (Fsp3) is 0.412.